The van der Waals surface area contributed by atoms with Gasteiger partial charge < -0.3 is 8.99 Å². The molecule has 34 heavy (non-hydrogen) atoms. The van der Waals surface area contributed by atoms with Crippen molar-refractivity contribution in [3.05, 3.63) is 112 Å². The van der Waals surface area contributed by atoms with E-state index in [0.717, 1.165) is 15.9 Å². The van der Waals surface area contributed by atoms with Gasteiger partial charge in [0.1, 0.15) is 11.8 Å². The standard InChI is InChI=1S/C28H25Cl2N2OSi/c1-28(2,3)27(33-34(21-12-6-4-7-13-21)22-14-8-5-9-15-22)25-23(29)16-17-24(26(25)30)32-18-10-11-20(32)19-31/h4-18,27H,1-3H3. The van der Waals surface area contributed by atoms with E-state index in [9.17, 15) is 5.26 Å². The van der Waals surface area contributed by atoms with Crippen LogP contribution in [0.5, 0.6) is 0 Å². The molecule has 4 aromatic rings. The van der Waals surface area contributed by atoms with Gasteiger partial charge in [0.2, 0.25) is 0 Å². The Balaban J connectivity index is 1.86. The molecule has 0 aliphatic rings. The van der Waals surface area contributed by atoms with Crippen LogP contribution < -0.4 is 10.4 Å². The quantitative estimate of drug-likeness (QED) is 0.279. The van der Waals surface area contributed by atoms with E-state index in [1.54, 1.807) is 10.6 Å². The highest BCUT2D eigenvalue weighted by Gasteiger charge is 2.36. The Morgan fingerprint density at radius 1 is 0.853 bits per heavy atom. The predicted octanol–water partition coefficient (Wildman–Crippen LogP) is 6.57. The SMILES string of the molecule is CC(C)(C)C(O[Si](c1ccccc1)c1ccccc1)c1c(Cl)ccc(-n2cccc2C#N)c1Cl. The molecule has 0 aliphatic heterocycles. The van der Waals surface area contributed by atoms with Gasteiger partial charge in [-0.05, 0) is 40.1 Å². The maximum Gasteiger partial charge on any atom is 0.283 e. The Morgan fingerprint density at radius 2 is 1.44 bits per heavy atom. The summed E-state index contributed by atoms with van der Waals surface area (Å²) in [5.41, 5.74) is 1.64. The van der Waals surface area contributed by atoms with Gasteiger partial charge in [0, 0.05) is 16.8 Å². The van der Waals surface area contributed by atoms with E-state index in [1.165, 1.54) is 0 Å². The molecule has 1 heterocycles. The normalized spacial score (nSPS) is 12.5. The van der Waals surface area contributed by atoms with Crippen molar-refractivity contribution in [1.29, 1.82) is 5.26 Å². The molecule has 3 nitrogen and oxygen atoms in total. The van der Waals surface area contributed by atoms with Crippen LogP contribution in [0, 0.1) is 16.7 Å². The summed E-state index contributed by atoms with van der Waals surface area (Å²) in [6.07, 6.45) is 1.44. The fraction of sp³-hybridized carbons (Fsp3) is 0.179. The average Bonchev–Trinajstić information content (AvgIpc) is 3.30. The zero-order chi connectivity index (χ0) is 24.3. The van der Waals surface area contributed by atoms with E-state index >= 15 is 0 Å². The van der Waals surface area contributed by atoms with Crippen molar-refractivity contribution in [3.63, 3.8) is 0 Å². The molecule has 1 atom stereocenters. The van der Waals surface area contributed by atoms with Gasteiger partial charge in [-0.15, -0.1) is 0 Å². The van der Waals surface area contributed by atoms with Crippen molar-refractivity contribution in [1.82, 2.24) is 4.57 Å². The molecule has 4 rings (SSSR count). The zero-order valence-corrected chi connectivity index (χ0v) is 21.8. The number of hydrogen-bond donors (Lipinski definition) is 0. The minimum atomic E-state index is -1.62. The van der Waals surface area contributed by atoms with Gasteiger partial charge in [0.25, 0.3) is 9.04 Å². The van der Waals surface area contributed by atoms with Crippen LogP contribution in [0.2, 0.25) is 10.0 Å². The van der Waals surface area contributed by atoms with Crippen LogP contribution in [0.25, 0.3) is 5.69 Å². The molecule has 1 unspecified atom stereocenters. The molecule has 0 N–H and O–H groups in total. The van der Waals surface area contributed by atoms with Crippen molar-refractivity contribution in [2.45, 2.75) is 26.9 Å². The topological polar surface area (TPSA) is 38.0 Å². The molecule has 0 spiro atoms. The predicted molar refractivity (Wildman–Crippen MR) is 142 cm³/mol. The fourth-order valence-electron chi connectivity index (χ4n) is 3.93. The Kier molecular flexibility index (Phi) is 7.30. The Labute approximate surface area is 212 Å². The van der Waals surface area contributed by atoms with E-state index in [2.05, 4.69) is 51.1 Å². The van der Waals surface area contributed by atoms with Gasteiger partial charge in [-0.25, -0.2) is 0 Å². The molecule has 1 aromatic heterocycles. The minimum Gasteiger partial charge on any atom is -0.400 e. The van der Waals surface area contributed by atoms with Crippen molar-refractivity contribution in [2.75, 3.05) is 0 Å². The number of benzene rings is 3. The largest absolute Gasteiger partial charge is 0.400 e. The lowest BCUT2D eigenvalue weighted by molar-refractivity contribution is 0.0898. The number of hydrogen-bond acceptors (Lipinski definition) is 2. The summed E-state index contributed by atoms with van der Waals surface area (Å²) in [4.78, 5) is 0. The molecule has 0 saturated heterocycles. The second-order valence-corrected chi connectivity index (χ2v) is 11.9. The van der Waals surface area contributed by atoms with Gasteiger partial charge in [-0.1, -0.05) is 105 Å². The first-order valence-electron chi connectivity index (χ1n) is 11.0. The molecule has 0 aliphatic carbocycles. The summed E-state index contributed by atoms with van der Waals surface area (Å²) < 4.78 is 8.80. The Hall–Kier alpha value is -2.81. The molecular weight excluding hydrogens is 479 g/mol. The Bertz CT molecular complexity index is 1270. The lowest BCUT2D eigenvalue weighted by Gasteiger charge is -2.35. The number of rotatable bonds is 6. The molecular formula is C28H25Cl2N2OSi. The fourth-order valence-corrected chi connectivity index (χ4v) is 6.90. The molecule has 3 aromatic carbocycles. The molecule has 0 amide bonds. The van der Waals surface area contributed by atoms with Crippen LogP contribution in [-0.2, 0) is 4.43 Å². The number of nitrogens with zero attached hydrogens (tertiary/aromatic N) is 2. The third-order valence-corrected chi connectivity index (χ3v) is 8.50. The molecule has 6 heteroatoms. The highest BCUT2D eigenvalue weighted by atomic mass is 35.5. The van der Waals surface area contributed by atoms with Crippen molar-refractivity contribution >= 4 is 42.6 Å². The van der Waals surface area contributed by atoms with Gasteiger partial charge in [-0.3, -0.25) is 0 Å². The first-order valence-corrected chi connectivity index (χ1v) is 13.2. The van der Waals surface area contributed by atoms with Crippen molar-refractivity contribution in [3.8, 4) is 11.8 Å². The van der Waals surface area contributed by atoms with E-state index < -0.39 is 9.04 Å². The van der Waals surface area contributed by atoms with E-state index in [4.69, 9.17) is 27.6 Å². The second-order valence-electron chi connectivity index (χ2n) is 9.09. The highest BCUT2D eigenvalue weighted by Crippen LogP contribution is 2.45. The summed E-state index contributed by atoms with van der Waals surface area (Å²) in [5.74, 6) is 0. The number of aromatic nitrogens is 1. The van der Waals surface area contributed by atoms with Crippen molar-refractivity contribution < 1.29 is 4.43 Å². The maximum absolute atomic E-state index is 9.53. The van der Waals surface area contributed by atoms with Crippen LogP contribution >= 0.6 is 23.2 Å². The van der Waals surface area contributed by atoms with Gasteiger partial charge in [0.15, 0.2) is 0 Å². The summed E-state index contributed by atoms with van der Waals surface area (Å²) in [6.45, 7) is 6.38. The number of nitriles is 1. The van der Waals surface area contributed by atoms with Gasteiger partial charge in [-0.2, -0.15) is 5.26 Å². The van der Waals surface area contributed by atoms with Crippen LogP contribution in [-0.4, -0.2) is 13.6 Å². The van der Waals surface area contributed by atoms with Crippen molar-refractivity contribution in [2.24, 2.45) is 5.41 Å². The second kappa shape index (κ2) is 10.2. The monoisotopic (exact) mass is 503 g/mol. The third-order valence-electron chi connectivity index (χ3n) is 5.59. The van der Waals surface area contributed by atoms with Crippen LogP contribution in [0.1, 0.15) is 38.1 Å². The van der Waals surface area contributed by atoms with E-state index in [-0.39, 0.29) is 11.5 Å². The smallest absolute Gasteiger partial charge is 0.283 e. The van der Waals surface area contributed by atoms with Crippen LogP contribution in [0.3, 0.4) is 0 Å². The zero-order valence-electron chi connectivity index (χ0n) is 19.3. The minimum absolute atomic E-state index is 0.305. The Morgan fingerprint density at radius 3 is 1.97 bits per heavy atom. The third kappa shape index (κ3) is 4.99. The highest BCUT2D eigenvalue weighted by molar-refractivity contribution is 6.80. The molecule has 0 saturated carbocycles. The molecule has 171 valence electrons. The lowest BCUT2D eigenvalue weighted by Crippen LogP contribution is -2.47. The summed E-state index contributed by atoms with van der Waals surface area (Å²) in [7, 11) is -1.62. The van der Waals surface area contributed by atoms with Crippen LogP contribution in [0.15, 0.2) is 91.1 Å². The molecule has 0 fully saturated rings. The first-order chi connectivity index (χ1) is 16.3. The summed E-state index contributed by atoms with van der Waals surface area (Å²) >= 11 is 13.8. The van der Waals surface area contributed by atoms with Gasteiger partial charge >= 0.3 is 0 Å². The summed E-state index contributed by atoms with van der Waals surface area (Å²) in [5, 5.41) is 12.9. The maximum atomic E-state index is 9.53. The van der Waals surface area contributed by atoms with E-state index in [0.29, 0.717) is 21.4 Å². The lowest BCUT2D eigenvalue weighted by atomic mass is 9.84. The summed E-state index contributed by atoms with van der Waals surface area (Å²) in [6, 6.07) is 30.1. The molecule has 0 bridgehead atoms. The van der Waals surface area contributed by atoms with Crippen LogP contribution in [0.4, 0.5) is 0 Å². The van der Waals surface area contributed by atoms with Gasteiger partial charge in [0.05, 0.1) is 16.8 Å². The molecule has 1 radical (unpaired) electrons. The van der Waals surface area contributed by atoms with E-state index in [1.807, 2.05) is 60.8 Å². The number of halogens is 2. The first kappa shape index (κ1) is 24.3. The average molecular weight is 505 g/mol.